The summed E-state index contributed by atoms with van der Waals surface area (Å²) in [5.74, 6) is 0.726. The summed E-state index contributed by atoms with van der Waals surface area (Å²) >= 11 is 6.01. The van der Waals surface area contributed by atoms with Gasteiger partial charge in [0, 0.05) is 19.3 Å². The molecule has 1 aromatic heterocycles. The minimum absolute atomic E-state index is 0.0819. The number of fused-ring (bicyclic) bond motifs is 1. The van der Waals surface area contributed by atoms with E-state index in [1.165, 1.54) is 5.56 Å². The van der Waals surface area contributed by atoms with Crippen molar-refractivity contribution in [1.29, 1.82) is 0 Å². The number of benzene rings is 1. The third kappa shape index (κ3) is 2.72. The zero-order valence-electron chi connectivity index (χ0n) is 11.7. The van der Waals surface area contributed by atoms with Gasteiger partial charge in [-0.3, -0.25) is 4.79 Å². The summed E-state index contributed by atoms with van der Waals surface area (Å²) in [4.78, 5) is 18.3. The van der Waals surface area contributed by atoms with Gasteiger partial charge >= 0.3 is 0 Å². The molecule has 1 aliphatic heterocycles. The average molecular weight is 303 g/mol. The second-order valence-corrected chi connectivity index (χ2v) is 5.31. The molecule has 1 amide bonds. The van der Waals surface area contributed by atoms with Crippen LogP contribution in [0.3, 0.4) is 0 Å². The number of methoxy groups -OCH3 is 1. The maximum Gasteiger partial charge on any atom is 0.257 e. The number of nitrogens with zero attached hydrogens (tertiary/aromatic N) is 2. The normalized spacial score (nSPS) is 13.7. The monoisotopic (exact) mass is 302 g/mol. The number of hydrogen-bond acceptors (Lipinski definition) is 3. The lowest BCUT2D eigenvalue weighted by Gasteiger charge is -2.29. The predicted molar refractivity (Wildman–Crippen MR) is 80.7 cm³/mol. The van der Waals surface area contributed by atoms with Crippen molar-refractivity contribution in [2.45, 2.75) is 13.0 Å². The predicted octanol–water partition coefficient (Wildman–Crippen LogP) is 2.94. The van der Waals surface area contributed by atoms with Gasteiger partial charge in [0.2, 0.25) is 0 Å². The van der Waals surface area contributed by atoms with E-state index in [1.54, 1.807) is 30.3 Å². The number of carbonyl (C=O) groups excluding carboxylic acids is 1. The first kappa shape index (κ1) is 13.9. The zero-order chi connectivity index (χ0) is 14.8. The highest BCUT2D eigenvalue weighted by atomic mass is 35.5. The number of pyridine rings is 1. The topological polar surface area (TPSA) is 42.4 Å². The summed E-state index contributed by atoms with van der Waals surface area (Å²) in [5.41, 5.74) is 2.83. The maximum absolute atomic E-state index is 12.6. The highest BCUT2D eigenvalue weighted by Crippen LogP contribution is 2.25. The van der Waals surface area contributed by atoms with Gasteiger partial charge < -0.3 is 9.64 Å². The molecule has 0 bridgehead atoms. The molecule has 0 unspecified atom stereocenters. The Morgan fingerprint density at radius 1 is 1.33 bits per heavy atom. The molecule has 4 nitrogen and oxygen atoms in total. The Kier molecular flexibility index (Phi) is 3.80. The van der Waals surface area contributed by atoms with Crippen molar-refractivity contribution in [3.05, 3.63) is 58.4 Å². The van der Waals surface area contributed by atoms with E-state index in [9.17, 15) is 4.79 Å². The summed E-state index contributed by atoms with van der Waals surface area (Å²) in [7, 11) is 1.64. The minimum atomic E-state index is -0.0819. The Morgan fingerprint density at radius 2 is 2.19 bits per heavy atom. The molecule has 108 valence electrons. The fourth-order valence-electron chi connectivity index (χ4n) is 2.55. The maximum atomic E-state index is 12.6. The van der Waals surface area contributed by atoms with E-state index >= 15 is 0 Å². The van der Waals surface area contributed by atoms with Crippen LogP contribution in [0.4, 0.5) is 0 Å². The number of amides is 1. The number of ether oxygens (including phenoxy) is 1. The molecule has 1 aromatic carbocycles. The molecule has 0 saturated heterocycles. The molecule has 2 heterocycles. The van der Waals surface area contributed by atoms with Crippen molar-refractivity contribution in [1.82, 2.24) is 9.88 Å². The van der Waals surface area contributed by atoms with E-state index in [4.69, 9.17) is 16.3 Å². The first-order valence-corrected chi connectivity index (χ1v) is 7.12. The summed E-state index contributed by atoms with van der Waals surface area (Å²) < 4.78 is 5.25. The van der Waals surface area contributed by atoms with E-state index in [0.717, 1.165) is 17.7 Å². The second kappa shape index (κ2) is 5.74. The highest BCUT2D eigenvalue weighted by Gasteiger charge is 2.23. The average Bonchev–Trinajstić information content (AvgIpc) is 2.53. The van der Waals surface area contributed by atoms with Gasteiger partial charge in [0.15, 0.2) is 0 Å². The van der Waals surface area contributed by atoms with Crippen LogP contribution in [0.5, 0.6) is 5.75 Å². The quantitative estimate of drug-likeness (QED) is 0.801. The van der Waals surface area contributed by atoms with Gasteiger partial charge in [0.25, 0.3) is 5.91 Å². The van der Waals surface area contributed by atoms with Gasteiger partial charge in [-0.2, -0.15) is 0 Å². The molecule has 0 atom stereocenters. The van der Waals surface area contributed by atoms with Crippen molar-refractivity contribution < 1.29 is 9.53 Å². The highest BCUT2D eigenvalue weighted by molar-refractivity contribution is 6.32. The minimum Gasteiger partial charge on any atom is -0.497 e. The van der Waals surface area contributed by atoms with E-state index in [1.807, 2.05) is 12.1 Å². The van der Waals surface area contributed by atoms with Gasteiger partial charge in [-0.25, -0.2) is 4.98 Å². The molecule has 0 spiro atoms. The van der Waals surface area contributed by atoms with Crippen molar-refractivity contribution >= 4 is 17.5 Å². The number of aromatic nitrogens is 1. The molecule has 1 aliphatic rings. The Balaban J connectivity index is 1.85. The molecular weight excluding hydrogens is 288 g/mol. The Hall–Kier alpha value is -2.07. The smallest absolute Gasteiger partial charge is 0.257 e. The molecule has 5 heteroatoms. The van der Waals surface area contributed by atoms with Crippen LogP contribution < -0.4 is 4.74 Å². The molecular formula is C16H15ClN2O2. The number of hydrogen-bond donors (Lipinski definition) is 0. The summed E-state index contributed by atoms with van der Waals surface area (Å²) in [6.45, 7) is 1.25. The second-order valence-electron chi connectivity index (χ2n) is 4.95. The van der Waals surface area contributed by atoms with Gasteiger partial charge in [-0.05, 0) is 41.8 Å². The van der Waals surface area contributed by atoms with Crippen LogP contribution in [0.15, 0.2) is 36.5 Å². The first-order valence-electron chi connectivity index (χ1n) is 6.74. The first-order chi connectivity index (χ1) is 10.2. The third-order valence-corrected chi connectivity index (χ3v) is 4.00. The lowest BCUT2D eigenvalue weighted by Crippen LogP contribution is -2.36. The Morgan fingerprint density at radius 3 is 2.95 bits per heavy atom. The molecule has 0 saturated carbocycles. The largest absolute Gasteiger partial charge is 0.497 e. The molecule has 0 N–H and O–H groups in total. The molecule has 0 fully saturated rings. The van der Waals surface area contributed by atoms with Crippen LogP contribution in [-0.2, 0) is 13.0 Å². The molecule has 0 aliphatic carbocycles. The van der Waals surface area contributed by atoms with Crippen molar-refractivity contribution in [2.75, 3.05) is 13.7 Å². The van der Waals surface area contributed by atoms with Crippen molar-refractivity contribution in [2.24, 2.45) is 0 Å². The van der Waals surface area contributed by atoms with E-state index in [-0.39, 0.29) is 11.1 Å². The van der Waals surface area contributed by atoms with Gasteiger partial charge in [-0.15, -0.1) is 0 Å². The van der Waals surface area contributed by atoms with Crippen LogP contribution in [0, 0.1) is 0 Å². The standard InChI is InChI=1S/C16H15ClN2O2/c1-21-13-5-4-11-6-8-19(10-12(11)9-13)16(20)14-3-2-7-18-15(14)17/h2-5,7,9H,6,8,10H2,1H3. The fraction of sp³-hybridized carbons (Fsp3) is 0.250. The number of halogens is 1. The molecule has 21 heavy (non-hydrogen) atoms. The third-order valence-electron chi connectivity index (χ3n) is 3.70. The molecule has 2 aromatic rings. The summed E-state index contributed by atoms with van der Waals surface area (Å²) in [5, 5.41) is 0.249. The lowest BCUT2D eigenvalue weighted by molar-refractivity contribution is 0.0734. The zero-order valence-corrected chi connectivity index (χ0v) is 12.4. The number of carbonyl (C=O) groups is 1. The fourth-order valence-corrected chi connectivity index (χ4v) is 2.75. The van der Waals surface area contributed by atoms with Crippen LogP contribution >= 0.6 is 11.6 Å². The Bertz CT molecular complexity index is 688. The van der Waals surface area contributed by atoms with Crippen LogP contribution in [0.1, 0.15) is 21.5 Å². The van der Waals surface area contributed by atoms with E-state index < -0.39 is 0 Å². The van der Waals surface area contributed by atoms with Gasteiger partial charge in [0.1, 0.15) is 10.9 Å². The number of rotatable bonds is 2. The van der Waals surface area contributed by atoms with Crippen LogP contribution in [0.2, 0.25) is 5.15 Å². The SMILES string of the molecule is COc1ccc2c(c1)CN(C(=O)c1cccnc1Cl)CC2. The van der Waals surface area contributed by atoms with Crippen LogP contribution in [0.25, 0.3) is 0 Å². The summed E-state index contributed by atoms with van der Waals surface area (Å²) in [6.07, 6.45) is 2.42. The molecule has 3 rings (SSSR count). The van der Waals surface area contributed by atoms with Gasteiger partial charge in [-0.1, -0.05) is 17.7 Å². The Labute approximate surface area is 128 Å². The van der Waals surface area contributed by atoms with Crippen LogP contribution in [-0.4, -0.2) is 29.4 Å². The van der Waals surface area contributed by atoms with Crippen molar-refractivity contribution in [3.8, 4) is 5.75 Å². The lowest BCUT2D eigenvalue weighted by atomic mass is 9.99. The summed E-state index contributed by atoms with van der Waals surface area (Å²) in [6, 6.07) is 9.43. The van der Waals surface area contributed by atoms with E-state index in [2.05, 4.69) is 11.1 Å². The molecule has 0 radical (unpaired) electrons. The van der Waals surface area contributed by atoms with Gasteiger partial charge in [0.05, 0.1) is 12.7 Å². The van der Waals surface area contributed by atoms with Crippen molar-refractivity contribution in [3.63, 3.8) is 0 Å². The van der Waals surface area contributed by atoms with E-state index in [0.29, 0.717) is 18.7 Å².